The zero-order valence-electron chi connectivity index (χ0n) is 23.8. The third-order valence-corrected chi connectivity index (χ3v) is 9.56. The Morgan fingerprint density at radius 2 is 1.64 bits per heavy atom. The maximum absolute atomic E-state index is 14.0. The van der Waals surface area contributed by atoms with E-state index in [4.69, 9.17) is 5.73 Å². The lowest BCUT2D eigenvalue weighted by Crippen LogP contribution is -2.63. The van der Waals surface area contributed by atoms with Gasteiger partial charge in [-0.1, -0.05) is 53.9 Å². The Kier molecular flexibility index (Phi) is 7.79. The first kappa shape index (κ1) is 29.3. The van der Waals surface area contributed by atoms with Crippen LogP contribution in [-0.4, -0.2) is 76.4 Å². The number of amides is 5. The predicted octanol–water partition coefficient (Wildman–Crippen LogP) is 0.828. The van der Waals surface area contributed by atoms with Crippen LogP contribution in [0.1, 0.15) is 79.6 Å². The number of piperidine rings is 1. The van der Waals surface area contributed by atoms with Crippen LogP contribution in [0.2, 0.25) is 0 Å². The van der Waals surface area contributed by atoms with E-state index in [1.54, 1.807) is 0 Å². The highest BCUT2D eigenvalue weighted by atomic mass is 16.3. The number of nitrogens with one attached hydrogen (secondary N) is 3. The Balaban J connectivity index is 1.53. The number of carbonyl (C=O) groups is 5. The number of carbonyl (C=O) groups excluding carboxylic acids is 5. The molecular weight excluding hydrogens is 502 g/mol. The molecular formula is C28H45N5O6. The quantitative estimate of drug-likeness (QED) is 0.268. The number of nitrogens with two attached hydrogens (primary N) is 1. The maximum atomic E-state index is 14.0. The molecule has 1 aliphatic heterocycles. The van der Waals surface area contributed by atoms with E-state index in [-0.39, 0.29) is 35.7 Å². The number of hydrogen-bond donors (Lipinski definition) is 5. The molecule has 5 atom stereocenters. The number of fused-ring (bicyclic) bond motifs is 1. The van der Waals surface area contributed by atoms with Crippen LogP contribution in [0, 0.1) is 28.6 Å². The van der Waals surface area contributed by atoms with Crippen molar-refractivity contribution in [1.29, 1.82) is 0 Å². The van der Waals surface area contributed by atoms with Gasteiger partial charge in [-0.05, 0) is 54.3 Å². The summed E-state index contributed by atoms with van der Waals surface area (Å²) >= 11 is 0. The third-order valence-electron chi connectivity index (χ3n) is 9.56. The van der Waals surface area contributed by atoms with E-state index in [9.17, 15) is 29.1 Å². The number of aliphatic hydroxyl groups excluding tert-OH is 1. The molecule has 1 unspecified atom stereocenters. The average Bonchev–Trinajstić information content (AvgIpc) is 3.73. The minimum Gasteiger partial charge on any atom is -0.394 e. The third kappa shape index (κ3) is 5.78. The second-order valence-corrected chi connectivity index (χ2v) is 13.8. The molecule has 0 aromatic rings. The first-order chi connectivity index (χ1) is 18.1. The van der Waals surface area contributed by atoms with Crippen molar-refractivity contribution in [2.24, 2.45) is 34.3 Å². The predicted molar refractivity (Wildman–Crippen MR) is 143 cm³/mol. The normalized spacial score (nSPS) is 28.5. The highest BCUT2D eigenvalue weighted by Crippen LogP contribution is 2.65. The fourth-order valence-corrected chi connectivity index (χ4v) is 6.81. The van der Waals surface area contributed by atoms with Crippen LogP contribution in [0.25, 0.3) is 0 Å². The van der Waals surface area contributed by atoms with Gasteiger partial charge < -0.3 is 31.7 Å². The Labute approximate surface area is 230 Å². The minimum absolute atomic E-state index is 0.0978. The molecule has 5 amide bonds. The van der Waals surface area contributed by atoms with Gasteiger partial charge in [0.2, 0.25) is 17.6 Å². The fourth-order valence-electron chi connectivity index (χ4n) is 6.81. The van der Waals surface area contributed by atoms with Gasteiger partial charge in [-0.25, -0.2) is 4.79 Å². The summed E-state index contributed by atoms with van der Waals surface area (Å²) in [5.41, 5.74) is 3.71. The number of ketones is 1. The summed E-state index contributed by atoms with van der Waals surface area (Å²) in [5, 5.41) is 18.6. The van der Waals surface area contributed by atoms with Crippen molar-refractivity contribution in [3.63, 3.8) is 0 Å². The van der Waals surface area contributed by atoms with Gasteiger partial charge in [-0.3, -0.25) is 19.2 Å². The molecule has 3 saturated carbocycles. The molecule has 0 aromatic heterocycles. The Morgan fingerprint density at radius 1 is 1.03 bits per heavy atom. The van der Waals surface area contributed by atoms with Gasteiger partial charge in [0.15, 0.2) is 0 Å². The number of primary amides is 1. The van der Waals surface area contributed by atoms with E-state index in [1.165, 1.54) is 4.90 Å². The molecule has 11 nitrogen and oxygen atoms in total. The monoisotopic (exact) mass is 547 g/mol. The van der Waals surface area contributed by atoms with E-state index < -0.39 is 52.7 Å². The number of likely N-dealkylation sites (tertiary alicyclic amines) is 1. The first-order valence-electron chi connectivity index (χ1n) is 14.3. The van der Waals surface area contributed by atoms with Crippen LogP contribution in [0.4, 0.5) is 4.79 Å². The van der Waals surface area contributed by atoms with Crippen molar-refractivity contribution in [3.8, 4) is 0 Å². The fraction of sp³-hybridized carbons (Fsp3) is 0.821. The molecule has 1 heterocycles. The second-order valence-electron chi connectivity index (χ2n) is 13.8. The van der Waals surface area contributed by atoms with Crippen molar-refractivity contribution in [3.05, 3.63) is 0 Å². The molecule has 11 heteroatoms. The van der Waals surface area contributed by atoms with E-state index in [0.29, 0.717) is 19.4 Å². The van der Waals surface area contributed by atoms with E-state index in [2.05, 4.69) is 29.8 Å². The lowest BCUT2D eigenvalue weighted by molar-refractivity contribution is -0.145. The minimum atomic E-state index is -1.09. The molecule has 0 bridgehead atoms. The molecule has 6 N–H and O–H groups in total. The summed E-state index contributed by atoms with van der Waals surface area (Å²) in [6, 6.07) is -3.26. The summed E-state index contributed by atoms with van der Waals surface area (Å²) in [5.74, 6) is -2.86. The molecule has 4 rings (SSSR count). The highest BCUT2D eigenvalue weighted by molar-refractivity contribution is 6.38. The smallest absolute Gasteiger partial charge is 0.315 e. The highest BCUT2D eigenvalue weighted by Gasteiger charge is 2.70. The van der Waals surface area contributed by atoms with Crippen LogP contribution in [0.15, 0.2) is 0 Å². The first-order valence-corrected chi connectivity index (χ1v) is 14.3. The van der Waals surface area contributed by atoms with Crippen molar-refractivity contribution < 1.29 is 29.1 Å². The van der Waals surface area contributed by atoms with Crippen molar-refractivity contribution in [2.45, 2.75) is 103 Å². The summed E-state index contributed by atoms with van der Waals surface area (Å²) in [6.07, 6.45) is 5.65. The summed E-state index contributed by atoms with van der Waals surface area (Å²) in [7, 11) is 0. The summed E-state index contributed by atoms with van der Waals surface area (Å²) in [6.45, 7) is 9.86. The molecule has 39 heavy (non-hydrogen) atoms. The van der Waals surface area contributed by atoms with Crippen molar-refractivity contribution in [1.82, 2.24) is 20.9 Å². The van der Waals surface area contributed by atoms with Gasteiger partial charge in [-0.2, -0.15) is 0 Å². The standard InChI is InChI=1S/C28H45N5O6/c1-26(2,3)21(31-25(39)32-28(14-34)11-7-6-8-12-28)24(38)33-13-16-17(27(16,4)5)19(33)23(37)30-18(15-9-10-15)20(35)22(29)36/h15-19,21,34H,6-14H2,1-5H3,(H2,29,36)(H,30,37)(H2,31,32,39)/t16-,17-,18?,19-,21+/m0/s1. The summed E-state index contributed by atoms with van der Waals surface area (Å²) in [4.78, 5) is 66.4. The van der Waals surface area contributed by atoms with E-state index in [1.807, 2.05) is 20.8 Å². The molecule has 4 aliphatic rings. The zero-order chi connectivity index (χ0) is 28.9. The van der Waals surface area contributed by atoms with Crippen LogP contribution in [0.5, 0.6) is 0 Å². The number of urea groups is 1. The van der Waals surface area contributed by atoms with E-state index >= 15 is 0 Å². The maximum Gasteiger partial charge on any atom is 0.315 e. The molecule has 0 aromatic carbocycles. The topological polar surface area (TPSA) is 171 Å². The lowest BCUT2D eigenvalue weighted by atomic mass is 9.82. The van der Waals surface area contributed by atoms with Crippen molar-refractivity contribution in [2.75, 3.05) is 13.2 Å². The number of Topliss-reactive ketones (excluding diaryl/α,β-unsaturated/α-hetero) is 1. The zero-order valence-corrected chi connectivity index (χ0v) is 23.8. The SMILES string of the molecule is CC(C)(C)[C@H](NC(=O)NC1(CO)CCCCC1)C(=O)N1C[C@H]2[C@@H]([C@H]1C(=O)NC(C(=O)C(N)=O)C1CC1)C2(C)C. The Bertz CT molecular complexity index is 1030. The van der Waals surface area contributed by atoms with Crippen LogP contribution in [-0.2, 0) is 19.2 Å². The summed E-state index contributed by atoms with van der Waals surface area (Å²) < 4.78 is 0. The van der Waals surface area contributed by atoms with Gasteiger partial charge in [0.25, 0.3) is 5.91 Å². The average molecular weight is 548 g/mol. The number of aliphatic hydroxyl groups is 1. The van der Waals surface area contributed by atoms with Crippen LogP contribution in [0.3, 0.4) is 0 Å². The Morgan fingerprint density at radius 3 is 2.15 bits per heavy atom. The van der Waals surface area contributed by atoms with Gasteiger partial charge in [0.1, 0.15) is 18.1 Å². The van der Waals surface area contributed by atoms with Crippen LogP contribution >= 0.6 is 0 Å². The second kappa shape index (κ2) is 10.4. The van der Waals surface area contributed by atoms with Gasteiger partial charge in [-0.15, -0.1) is 0 Å². The Hall–Kier alpha value is -2.69. The van der Waals surface area contributed by atoms with Gasteiger partial charge in [0, 0.05) is 6.54 Å². The van der Waals surface area contributed by atoms with E-state index in [0.717, 1.165) is 32.1 Å². The van der Waals surface area contributed by atoms with Gasteiger partial charge >= 0.3 is 6.03 Å². The van der Waals surface area contributed by atoms with Gasteiger partial charge in [0.05, 0.1) is 12.1 Å². The largest absolute Gasteiger partial charge is 0.394 e. The molecule has 0 radical (unpaired) electrons. The molecule has 0 spiro atoms. The number of hydrogen-bond acceptors (Lipinski definition) is 6. The number of nitrogens with zero attached hydrogens (tertiary/aromatic N) is 1. The molecule has 1 saturated heterocycles. The lowest BCUT2D eigenvalue weighted by Gasteiger charge is -2.40. The number of rotatable bonds is 9. The molecule has 218 valence electrons. The van der Waals surface area contributed by atoms with Crippen LogP contribution < -0.4 is 21.7 Å². The molecule has 4 fully saturated rings. The molecule has 3 aliphatic carbocycles. The van der Waals surface area contributed by atoms with Crippen molar-refractivity contribution >= 4 is 29.5 Å².